The van der Waals surface area contributed by atoms with Crippen LogP contribution in [-0.2, 0) is 12.8 Å². The Hall–Kier alpha value is -2.69. The Morgan fingerprint density at radius 2 is 1.92 bits per heavy atom. The van der Waals surface area contributed by atoms with E-state index in [1.54, 1.807) is 23.1 Å². The van der Waals surface area contributed by atoms with Gasteiger partial charge in [-0.1, -0.05) is 57.5 Å². The average Bonchev–Trinajstić information content (AvgIpc) is 3.24. The SMILES string of the molecule is CCCc1nn(C(=O)n2cccn2)c(Cc2ccccc2)c1C(C)C. The summed E-state index contributed by atoms with van der Waals surface area (Å²) in [6.07, 6.45) is 5.81. The molecule has 0 aliphatic carbocycles. The Bertz CT molecular complexity index is 832. The van der Waals surface area contributed by atoms with Crippen LogP contribution in [0.25, 0.3) is 0 Å². The summed E-state index contributed by atoms with van der Waals surface area (Å²) in [5.41, 5.74) is 4.34. The summed E-state index contributed by atoms with van der Waals surface area (Å²) < 4.78 is 2.88. The van der Waals surface area contributed by atoms with Crippen molar-refractivity contribution in [3.63, 3.8) is 0 Å². The first-order chi connectivity index (χ1) is 12.1. The van der Waals surface area contributed by atoms with E-state index in [0.29, 0.717) is 12.3 Å². The number of aromatic nitrogens is 4. The molecule has 0 saturated carbocycles. The number of hydrogen-bond acceptors (Lipinski definition) is 3. The van der Waals surface area contributed by atoms with Crippen LogP contribution >= 0.6 is 0 Å². The minimum absolute atomic E-state index is 0.236. The van der Waals surface area contributed by atoms with Crippen molar-refractivity contribution in [2.45, 2.75) is 46.0 Å². The van der Waals surface area contributed by atoms with Crippen LogP contribution in [0.2, 0.25) is 0 Å². The molecule has 25 heavy (non-hydrogen) atoms. The summed E-state index contributed by atoms with van der Waals surface area (Å²) in [6, 6.07) is 11.7. The van der Waals surface area contributed by atoms with Crippen molar-refractivity contribution in [2.75, 3.05) is 0 Å². The van der Waals surface area contributed by atoms with E-state index in [1.165, 1.54) is 15.8 Å². The standard InChI is InChI=1S/C20H24N4O/c1-4-9-17-19(15(2)3)18(14-16-10-6-5-7-11-16)24(22-17)20(25)23-13-8-12-21-23/h5-8,10-13,15H,4,9,14H2,1-3H3. The summed E-state index contributed by atoms with van der Waals surface area (Å²) >= 11 is 0. The molecule has 0 radical (unpaired) electrons. The van der Waals surface area contributed by atoms with Crippen LogP contribution in [0.3, 0.4) is 0 Å². The number of rotatable bonds is 5. The van der Waals surface area contributed by atoms with Crippen molar-refractivity contribution >= 4 is 6.03 Å². The van der Waals surface area contributed by atoms with Crippen LogP contribution in [0, 0.1) is 0 Å². The largest absolute Gasteiger partial charge is 0.369 e. The van der Waals surface area contributed by atoms with Gasteiger partial charge < -0.3 is 0 Å². The van der Waals surface area contributed by atoms with Crippen molar-refractivity contribution in [3.05, 3.63) is 71.3 Å². The van der Waals surface area contributed by atoms with Crippen molar-refractivity contribution in [3.8, 4) is 0 Å². The van der Waals surface area contributed by atoms with E-state index < -0.39 is 0 Å². The lowest BCUT2D eigenvalue weighted by molar-refractivity contribution is 0.237. The third-order valence-electron chi connectivity index (χ3n) is 4.26. The lowest BCUT2D eigenvalue weighted by Crippen LogP contribution is -2.23. The number of aryl methyl sites for hydroxylation is 1. The molecule has 5 nitrogen and oxygen atoms in total. The van der Waals surface area contributed by atoms with Crippen molar-refractivity contribution < 1.29 is 4.79 Å². The highest BCUT2D eigenvalue weighted by atomic mass is 16.2. The lowest BCUT2D eigenvalue weighted by Gasteiger charge is -2.11. The molecule has 0 fully saturated rings. The smallest absolute Gasteiger partial charge is 0.244 e. The van der Waals surface area contributed by atoms with Crippen molar-refractivity contribution in [1.82, 2.24) is 19.6 Å². The molecule has 0 spiro atoms. The molecular weight excluding hydrogens is 312 g/mol. The summed E-state index contributed by atoms with van der Waals surface area (Å²) in [7, 11) is 0. The van der Waals surface area contributed by atoms with Crippen molar-refractivity contribution in [1.29, 1.82) is 0 Å². The molecule has 0 saturated heterocycles. The summed E-state index contributed by atoms with van der Waals surface area (Å²) in [4.78, 5) is 12.9. The lowest BCUT2D eigenvalue weighted by atomic mass is 9.95. The maximum absolute atomic E-state index is 12.9. The van der Waals surface area contributed by atoms with E-state index in [-0.39, 0.29) is 6.03 Å². The van der Waals surface area contributed by atoms with Gasteiger partial charge in [-0.3, -0.25) is 0 Å². The number of hydrogen-bond donors (Lipinski definition) is 0. The normalized spacial score (nSPS) is 11.2. The van der Waals surface area contributed by atoms with E-state index in [0.717, 1.165) is 24.2 Å². The molecule has 0 amide bonds. The maximum Gasteiger partial charge on any atom is 0.369 e. The Morgan fingerprint density at radius 1 is 1.16 bits per heavy atom. The molecule has 2 heterocycles. The summed E-state index contributed by atoms with van der Waals surface area (Å²) in [5.74, 6) is 0.305. The molecule has 5 heteroatoms. The Balaban J connectivity index is 2.12. The highest BCUT2D eigenvalue weighted by molar-refractivity contribution is 5.78. The number of carbonyl (C=O) groups is 1. The molecule has 2 aromatic heterocycles. The zero-order valence-corrected chi connectivity index (χ0v) is 15.0. The number of nitrogens with zero attached hydrogens (tertiary/aromatic N) is 4. The summed E-state index contributed by atoms with van der Waals surface area (Å²) in [5, 5.41) is 8.76. The predicted octanol–water partition coefficient (Wildman–Crippen LogP) is 4.26. The molecule has 3 aromatic rings. The van der Waals surface area contributed by atoms with Crippen LogP contribution in [-0.4, -0.2) is 25.6 Å². The van der Waals surface area contributed by atoms with Crippen LogP contribution < -0.4 is 0 Å². The first kappa shape index (κ1) is 17.1. The van der Waals surface area contributed by atoms with Crippen LogP contribution in [0.15, 0.2) is 48.8 Å². The maximum atomic E-state index is 12.9. The second-order valence-electron chi connectivity index (χ2n) is 6.52. The fourth-order valence-electron chi connectivity index (χ4n) is 3.20. The van der Waals surface area contributed by atoms with Gasteiger partial charge in [0.1, 0.15) is 0 Å². The van der Waals surface area contributed by atoms with Gasteiger partial charge in [0.2, 0.25) is 0 Å². The molecule has 130 valence electrons. The number of benzene rings is 1. The highest BCUT2D eigenvalue weighted by Crippen LogP contribution is 2.27. The molecule has 0 atom stereocenters. The van der Waals surface area contributed by atoms with Gasteiger partial charge in [0.05, 0.1) is 11.4 Å². The molecule has 0 aliphatic rings. The second kappa shape index (κ2) is 7.47. The van der Waals surface area contributed by atoms with E-state index in [4.69, 9.17) is 0 Å². The average molecular weight is 336 g/mol. The quantitative estimate of drug-likeness (QED) is 0.699. The summed E-state index contributed by atoms with van der Waals surface area (Å²) in [6.45, 7) is 6.45. The predicted molar refractivity (Wildman–Crippen MR) is 98.0 cm³/mol. The zero-order chi connectivity index (χ0) is 17.8. The Kier molecular flexibility index (Phi) is 5.12. The minimum atomic E-state index is -0.236. The molecule has 3 rings (SSSR count). The first-order valence-electron chi connectivity index (χ1n) is 8.80. The fourth-order valence-corrected chi connectivity index (χ4v) is 3.20. The van der Waals surface area contributed by atoms with Gasteiger partial charge in [-0.15, -0.1) is 0 Å². The van der Waals surface area contributed by atoms with E-state index in [9.17, 15) is 4.79 Å². The van der Waals surface area contributed by atoms with Gasteiger partial charge in [0.15, 0.2) is 0 Å². The Morgan fingerprint density at radius 3 is 2.52 bits per heavy atom. The third kappa shape index (κ3) is 3.55. The molecule has 0 unspecified atom stereocenters. The molecule has 1 aromatic carbocycles. The number of carbonyl (C=O) groups excluding carboxylic acids is 1. The van der Waals surface area contributed by atoms with Crippen LogP contribution in [0.1, 0.15) is 55.6 Å². The van der Waals surface area contributed by atoms with Crippen LogP contribution in [0.4, 0.5) is 4.79 Å². The van der Waals surface area contributed by atoms with E-state index in [2.05, 4.69) is 43.1 Å². The van der Waals surface area contributed by atoms with Gasteiger partial charge in [0, 0.05) is 24.4 Å². The van der Waals surface area contributed by atoms with Gasteiger partial charge in [-0.05, 0) is 24.0 Å². The molecule has 0 aliphatic heterocycles. The van der Waals surface area contributed by atoms with Gasteiger partial charge >= 0.3 is 6.03 Å². The monoisotopic (exact) mass is 336 g/mol. The van der Waals surface area contributed by atoms with E-state index >= 15 is 0 Å². The zero-order valence-electron chi connectivity index (χ0n) is 15.0. The molecule has 0 bridgehead atoms. The Labute approximate surface area is 148 Å². The third-order valence-corrected chi connectivity index (χ3v) is 4.26. The topological polar surface area (TPSA) is 52.7 Å². The van der Waals surface area contributed by atoms with Gasteiger partial charge in [-0.2, -0.15) is 19.6 Å². The van der Waals surface area contributed by atoms with Crippen molar-refractivity contribution in [2.24, 2.45) is 0 Å². The fraction of sp³-hybridized carbons (Fsp3) is 0.350. The highest BCUT2D eigenvalue weighted by Gasteiger charge is 2.24. The minimum Gasteiger partial charge on any atom is -0.244 e. The second-order valence-corrected chi connectivity index (χ2v) is 6.52. The van der Waals surface area contributed by atoms with E-state index in [1.807, 2.05) is 18.2 Å². The molecule has 0 N–H and O–H groups in total. The first-order valence-corrected chi connectivity index (χ1v) is 8.80. The van der Waals surface area contributed by atoms with Gasteiger partial charge in [0.25, 0.3) is 0 Å². The van der Waals surface area contributed by atoms with Gasteiger partial charge in [-0.25, -0.2) is 4.79 Å². The molecular formula is C20H24N4O. The van der Waals surface area contributed by atoms with Crippen LogP contribution in [0.5, 0.6) is 0 Å².